The Morgan fingerprint density at radius 2 is 1.96 bits per heavy atom. The van der Waals surface area contributed by atoms with Crippen molar-refractivity contribution in [3.63, 3.8) is 0 Å². The van der Waals surface area contributed by atoms with Gasteiger partial charge < -0.3 is 9.05 Å². The van der Waals surface area contributed by atoms with E-state index in [1.165, 1.54) is 14.2 Å². The van der Waals surface area contributed by atoms with E-state index in [0.717, 1.165) is 18.4 Å². The molecule has 23 heavy (non-hydrogen) atoms. The summed E-state index contributed by atoms with van der Waals surface area (Å²) in [6, 6.07) is 9.93. The molecular formula is C18H26NO3P. The first kappa shape index (κ1) is 19.7. The van der Waals surface area contributed by atoms with Crippen molar-refractivity contribution in [1.29, 1.82) is 0 Å². The third-order valence-corrected chi connectivity index (χ3v) is 5.66. The van der Waals surface area contributed by atoms with Gasteiger partial charge in [0.2, 0.25) is 0 Å². The van der Waals surface area contributed by atoms with Crippen molar-refractivity contribution < 1.29 is 13.6 Å². The maximum absolute atomic E-state index is 12.9. The highest BCUT2D eigenvalue weighted by Crippen LogP contribution is 2.53. The molecule has 0 saturated heterocycles. The second kappa shape index (κ2) is 10.4. The van der Waals surface area contributed by atoms with Gasteiger partial charge in [-0.3, -0.25) is 9.46 Å². The molecule has 0 fully saturated rings. The first-order chi connectivity index (χ1) is 11.1. The average Bonchev–Trinajstić information content (AvgIpc) is 2.59. The van der Waals surface area contributed by atoms with Gasteiger partial charge in [0.15, 0.2) is 0 Å². The maximum atomic E-state index is 12.9. The van der Waals surface area contributed by atoms with Gasteiger partial charge in [-0.1, -0.05) is 61.7 Å². The van der Waals surface area contributed by atoms with Crippen molar-refractivity contribution in [1.82, 2.24) is 4.90 Å². The molecule has 1 rings (SSSR count). The summed E-state index contributed by atoms with van der Waals surface area (Å²) in [6.45, 7) is 3.02. The molecule has 4 nitrogen and oxygen atoms in total. The Hall–Kier alpha value is -1.37. The molecule has 0 aliphatic heterocycles. The quantitative estimate of drug-likeness (QED) is 0.363. The van der Waals surface area contributed by atoms with Gasteiger partial charge in [0.05, 0.1) is 6.54 Å². The lowest BCUT2D eigenvalue weighted by Crippen LogP contribution is -2.34. The summed E-state index contributed by atoms with van der Waals surface area (Å²) >= 11 is 0. The standard InChI is InChI=1S/C18H26NO3P/c1-5-7-9-14-18(23(20,21-3)22-4)19(15-6-2)16-17-12-10-8-11-13-17/h2,8-14,18H,5,7,15-16H2,1,3-4H3/b14-9+. The Balaban J connectivity index is 3.11. The molecule has 0 spiro atoms. The number of allylic oxidation sites excluding steroid dienone is 1. The van der Waals surface area contributed by atoms with Crippen LogP contribution in [0.4, 0.5) is 0 Å². The van der Waals surface area contributed by atoms with Crippen molar-refractivity contribution in [3.8, 4) is 12.3 Å². The fourth-order valence-electron chi connectivity index (χ4n) is 2.28. The number of hydrogen-bond donors (Lipinski definition) is 0. The summed E-state index contributed by atoms with van der Waals surface area (Å²) in [6.07, 6.45) is 11.3. The number of terminal acetylenes is 1. The summed E-state index contributed by atoms with van der Waals surface area (Å²) in [4.78, 5) is 1.94. The van der Waals surface area contributed by atoms with Gasteiger partial charge in [-0.15, -0.1) is 6.42 Å². The van der Waals surface area contributed by atoms with E-state index in [1.807, 2.05) is 47.4 Å². The summed E-state index contributed by atoms with van der Waals surface area (Å²) in [5.74, 6) is 2.13. The Bertz CT molecular complexity index is 557. The van der Waals surface area contributed by atoms with Crippen molar-refractivity contribution in [2.24, 2.45) is 0 Å². The number of unbranched alkanes of at least 4 members (excludes halogenated alkanes) is 1. The highest BCUT2D eigenvalue weighted by Gasteiger charge is 2.36. The number of nitrogens with zero attached hydrogens (tertiary/aromatic N) is 1. The van der Waals surface area contributed by atoms with Crippen molar-refractivity contribution in [3.05, 3.63) is 48.0 Å². The minimum absolute atomic E-state index is 0.354. The van der Waals surface area contributed by atoms with Gasteiger partial charge in [-0.25, -0.2) is 0 Å². The van der Waals surface area contributed by atoms with Gasteiger partial charge in [-0.05, 0) is 12.0 Å². The molecule has 126 valence electrons. The molecule has 5 heteroatoms. The van der Waals surface area contributed by atoms with E-state index < -0.39 is 13.4 Å². The Kier molecular flexibility index (Phi) is 8.91. The molecule has 0 amide bonds. The van der Waals surface area contributed by atoms with Crippen LogP contribution >= 0.6 is 7.60 Å². The highest BCUT2D eigenvalue weighted by atomic mass is 31.2. The van der Waals surface area contributed by atoms with Gasteiger partial charge >= 0.3 is 7.60 Å². The fourth-order valence-corrected chi connectivity index (χ4v) is 3.76. The molecule has 0 bridgehead atoms. The van der Waals surface area contributed by atoms with E-state index in [9.17, 15) is 4.57 Å². The van der Waals surface area contributed by atoms with E-state index in [1.54, 1.807) is 0 Å². The van der Waals surface area contributed by atoms with Crippen molar-refractivity contribution in [2.75, 3.05) is 20.8 Å². The first-order valence-corrected chi connectivity index (χ1v) is 9.31. The molecule has 1 aromatic rings. The third-order valence-electron chi connectivity index (χ3n) is 3.49. The Labute approximate surface area is 140 Å². The molecule has 0 aliphatic rings. The van der Waals surface area contributed by atoms with Crippen LogP contribution in [0.15, 0.2) is 42.5 Å². The molecule has 0 N–H and O–H groups in total. The summed E-state index contributed by atoms with van der Waals surface area (Å²) in [7, 11) is -0.502. The van der Waals surface area contributed by atoms with Crippen molar-refractivity contribution in [2.45, 2.75) is 32.1 Å². The van der Waals surface area contributed by atoms with Crippen LogP contribution in [0.2, 0.25) is 0 Å². The van der Waals surface area contributed by atoms with E-state index in [0.29, 0.717) is 13.1 Å². The summed E-state index contributed by atoms with van der Waals surface area (Å²) in [5, 5.41) is 0. The maximum Gasteiger partial charge on any atom is 0.351 e. The van der Waals surface area contributed by atoms with E-state index in [2.05, 4.69) is 12.8 Å². The van der Waals surface area contributed by atoms with Crippen molar-refractivity contribution >= 4 is 7.60 Å². The lowest BCUT2D eigenvalue weighted by molar-refractivity contribution is 0.215. The minimum atomic E-state index is -3.31. The van der Waals surface area contributed by atoms with Crippen LogP contribution in [0.25, 0.3) is 0 Å². The molecule has 0 radical (unpaired) electrons. The number of rotatable bonds is 10. The molecule has 0 aromatic heterocycles. The third kappa shape index (κ3) is 5.97. The monoisotopic (exact) mass is 335 g/mol. The van der Waals surface area contributed by atoms with E-state index >= 15 is 0 Å². The van der Waals surface area contributed by atoms with Crippen LogP contribution in [-0.4, -0.2) is 31.4 Å². The zero-order valence-electron chi connectivity index (χ0n) is 14.1. The minimum Gasteiger partial charge on any atom is -0.311 e. The lowest BCUT2D eigenvalue weighted by atomic mass is 10.2. The van der Waals surface area contributed by atoms with Gasteiger partial charge in [0.25, 0.3) is 0 Å². The van der Waals surface area contributed by atoms with Crippen LogP contribution < -0.4 is 0 Å². The molecule has 0 heterocycles. The second-order valence-electron chi connectivity index (χ2n) is 5.13. The smallest absolute Gasteiger partial charge is 0.311 e. The normalized spacial score (nSPS) is 13.3. The highest BCUT2D eigenvalue weighted by molar-refractivity contribution is 7.54. The Morgan fingerprint density at radius 1 is 1.30 bits per heavy atom. The zero-order chi connectivity index (χ0) is 17.1. The lowest BCUT2D eigenvalue weighted by Gasteiger charge is -2.31. The molecule has 1 aromatic carbocycles. The Morgan fingerprint density at radius 3 is 2.48 bits per heavy atom. The summed E-state index contributed by atoms with van der Waals surface area (Å²) < 4.78 is 23.4. The van der Waals surface area contributed by atoms with Crippen LogP contribution in [0.3, 0.4) is 0 Å². The van der Waals surface area contributed by atoms with E-state index in [-0.39, 0.29) is 0 Å². The first-order valence-electron chi connectivity index (χ1n) is 7.70. The second-order valence-corrected chi connectivity index (χ2v) is 7.47. The zero-order valence-corrected chi connectivity index (χ0v) is 15.0. The van der Waals surface area contributed by atoms with Gasteiger partial charge in [0, 0.05) is 20.8 Å². The predicted octanol–water partition coefficient (Wildman–Crippen LogP) is 4.29. The van der Waals surface area contributed by atoms with Crippen LogP contribution in [-0.2, 0) is 20.2 Å². The largest absolute Gasteiger partial charge is 0.351 e. The molecule has 0 saturated carbocycles. The molecule has 1 atom stereocenters. The number of hydrogen-bond acceptors (Lipinski definition) is 4. The topological polar surface area (TPSA) is 38.8 Å². The summed E-state index contributed by atoms with van der Waals surface area (Å²) in [5.41, 5.74) is 1.09. The molecule has 0 aliphatic carbocycles. The molecule has 1 unspecified atom stereocenters. The van der Waals surface area contributed by atoms with Crippen LogP contribution in [0, 0.1) is 12.3 Å². The van der Waals surface area contributed by atoms with Crippen LogP contribution in [0.1, 0.15) is 25.3 Å². The van der Waals surface area contributed by atoms with Gasteiger partial charge in [-0.2, -0.15) is 0 Å². The van der Waals surface area contributed by atoms with Crippen LogP contribution in [0.5, 0.6) is 0 Å². The number of benzene rings is 1. The predicted molar refractivity (Wildman–Crippen MR) is 95.1 cm³/mol. The average molecular weight is 335 g/mol. The molecular weight excluding hydrogens is 309 g/mol. The van der Waals surface area contributed by atoms with E-state index in [4.69, 9.17) is 15.5 Å². The SMILES string of the molecule is C#CCN(Cc1ccccc1)C(/C=C/CCC)P(=O)(OC)OC. The van der Waals surface area contributed by atoms with Gasteiger partial charge in [0.1, 0.15) is 5.78 Å². The fraction of sp³-hybridized carbons (Fsp3) is 0.444.